The number of rotatable bonds is 4. The number of anilines is 2. The minimum Gasteiger partial charge on any atom is -0.497 e. The Kier molecular flexibility index (Phi) is 4.07. The molecule has 3 aromatic rings. The van der Waals surface area contributed by atoms with E-state index in [1.165, 1.54) is 20.3 Å². The van der Waals surface area contributed by atoms with Crippen LogP contribution in [-0.4, -0.2) is 31.2 Å². The number of halogens is 1. The van der Waals surface area contributed by atoms with Gasteiger partial charge < -0.3 is 20.5 Å². The average molecular weight is 328 g/mol. The van der Waals surface area contributed by atoms with E-state index in [4.69, 9.17) is 15.2 Å². The quantitative estimate of drug-likeness (QED) is 0.766. The molecular formula is C17H17FN4O2. The highest BCUT2D eigenvalue weighted by Gasteiger charge is 2.16. The smallest absolute Gasteiger partial charge is 0.222 e. The number of nitrogens with one attached hydrogen (secondary N) is 1. The van der Waals surface area contributed by atoms with Crippen LogP contribution in [0.15, 0.2) is 30.3 Å². The molecule has 0 amide bonds. The minimum absolute atomic E-state index is 0.145. The van der Waals surface area contributed by atoms with Crippen LogP contribution in [0, 0.1) is 5.82 Å². The van der Waals surface area contributed by atoms with Crippen molar-refractivity contribution in [3.8, 4) is 22.6 Å². The van der Waals surface area contributed by atoms with Gasteiger partial charge in [-0.05, 0) is 17.7 Å². The van der Waals surface area contributed by atoms with Crippen molar-refractivity contribution in [2.45, 2.75) is 0 Å². The van der Waals surface area contributed by atoms with Crippen LogP contribution in [0.5, 0.6) is 11.5 Å². The summed E-state index contributed by atoms with van der Waals surface area (Å²) in [5.74, 6) is 1.08. The zero-order valence-corrected chi connectivity index (χ0v) is 13.6. The number of benzene rings is 2. The Labute approximate surface area is 138 Å². The van der Waals surface area contributed by atoms with Crippen molar-refractivity contribution >= 4 is 22.7 Å². The van der Waals surface area contributed by atoms with Crippen molar-refractivity contribution < 1.29 is 13.9 Å². The van der Waals surface area contributed by atoms with Gasteiger partial charge in [0.1, 0.15) is 23.1 Å². The fourth-order valence-electron chi connectivity index (χ4n) is 2.61. The summed E-state index contributed by atoms with van der Waals surface area (Å²) in [6, 6.07) is 8.31. The Balaban J connectivity index is 2.24. The monoisotopic (exact) mass is 328 g/mol. The fourth-order valence-corrected chi connectivity index (χ4v) is 2.61. The first-order chi connectivity index (χ1) is 11.6. The molecule has 0 aliphatic rings. The highest BCUT2D eigenvalue weighted by Crippen LogP contribution is 2.37. The van der Waals surface area contributed by atoms with Crippen LogP contribution in [-0.2, 0) is 0 Å². The number of nitrogens with two attached hydrogens (primary N) is 1. The maximum atomic E-state index is 14.6. The highest BCUT2D eigenvalue weighted by atomic mass is 19.1. The van der Waals surface area contributed by atoms with Crippen LogP contribution < -0.4 is 20.5 Å². The average Bonchev–Trinajstić information content (AvgIpc) is 2.59. The molecule has 3 rings (SSSR count). The van der Waals surface area contributed by atoms with Gasteiger partial charge in [-0.2, -0.15) is 4.98 Å². The number of nitrogen functional groups attached to an aromatic ring is 1. The Morgan fingerprint density at radius 2 is 1.88 bits per heavy atom. The molecule has 1 heterocycles. The van der Waals surface area contributed by atoms with E-state index in [1.54, 1.807) is 25.2 Å². The van der Waals surface area contributed by atoms with Gasteiger partial charge in [0.15, 0.2) is 0 Å². The van der Waals surface area contributed by atoms with Gasteiger partial charge >= 0.3 is 0 Å². The minimum atomic E-state index is -0.443. The van der Waals surface area contributed by atoms with Gasteiger partial charge in [-0.15, -0.1) is 0 Å². The van der Waals surface area contributed by atoms with E-state index >= 15 is 0 Å². The molecule has 0 saturated heterocycles. The number of hydrogen-bond donors (Lipinski definition) is 2. The Bertz CT molecular complexity index is 915. The number of nitrogens with zero attached hydrogens (tertiary/aromatic N) is 2. The lowest BCUT2D eigenvalue weighted by molar-refractivity contribution is 0.390. The second-order valence-electron chi connectivity index (χ2n) is 5.10. The van der Waals surface area contributed by atoms with Crippen molar-refractivity contribution in [1.82, 2.24) is 9.97 Å². The normalized spacial score (nSPS) is 10.7. The Hall–Kier alpha value is -3.09. The van der Waals surface area contributed by atoms with E-state index in [-0.39, 0.29) is 5.95 Å². The van der Waals surface area contributed by atoms with Crippen LogP contribution in [0.1, 0.15) is 0 Å². The summed E-state index contributed by atoms with van der Waals surface area (Å²) in [6.07, 6.45) is 0. The van der Waals surface area contributed by atoms with Crippen LogP contribution >= 0.6 is 0 Å². The molecule has 3 N–H and O–H groups in total. The lowest BCUT2D eigenvalue weighted by Gasteiger charge is -2.13. The zero-order chi connectivity index (χ0) is 17.3. The van der Waals surface area contributed by atoms with Gasteiger partial charge in [0.2, 0.25) is 5.95 Å². The molecule has 124 valence electrons. The first-order valence-corrected chi connectivity index (χ1v) is 7.24. The summed E-state index contributed by atoms with van der Waals surface area (Å²) >= 11 is 0. The molecule has 0 unspecified atom stereocenters. The fraction of sp³-hybridized carbons (Fsp3) is 0.176. The maximum Gasteiger partial charge on any atom is 0.222 e. The van der Waals surface area contributed by atoms with Gasteiger partial charge in [-0.25, -0.2) is 9.37 Å². The van der Waals surface area contributed by atoms with Crippen molar-refractivity contribution in [2.75, 3.05) is 32.3 Å². The molecule has 24 heavy (non-hydrogen) atoms. The molecular weight excluding hydrogens is 311 g/mol. The third kappa shape index (κ3) is 2.64. The Morgan fingerprint density at radius 3 is 2.54 bits per heavy atom. The van der Waals surface area contributed by atoms with Gasteiger partial charge in [0, 0.05) is 24.6 Å². The molecule has 0 atom stereocenters. The van der Waals surface area contributed by atoms with Crippen LogP contribution in [0.25, 0.3) is 22.0 Å². The van der Waals surface area contributed by atoms with Gasteiger partial charge in [-0.3, -0.25) is 0 Å². The molecule has 7 heteroatoms. The predicted molar refractivity (Wildman–Crippen MR) is 92.0 cm³/mol. The largest absolute Gasteiger partial charge is 0.497 e. The van der Waals surface area contributed by atoms with Crippen molar-refractivity contribution in [3.05, 3.63) is 36.1 Å². The van der Waals surface area contributed by atoms with Crippen LogP contribution in [0.3, 0.4) is 0 Å². The summed E-state index contributed by atoms with van der Waals surface area (Å²) in [6.45, 7) is 0. The van der Waals surface area contributed by atoms with Crippen molar-refractivity contribution in [2.24, 2.45) is 0 Å². The van der Waals surface area contributed by atoms with E-state index in [0.717, 1.165) is 5.39 Å². The topological polar surface area (TPSA) is 82.3 Å². The highest BCUT2D eigenvalue weighted by molar-refractivity contribution is 5.93. The van der Waals surface area contributed by atoms with Crippen molar-refractivity contribution in [3.63, 3.8) is 0 Å². The molecule has 1 aromatic heterocycles. The molecule has 6 nitrogen and oxygen atoms in total. The first-order valence-electron chi connectivity index (χ1n) is 7.24. The number of ether oxygens (including phenoxy) is 2. The number of methoxy groups -OCH3 is 2. The van der Waals surface area contributed by atoms with Crippen LogP contribution in [0.4, 0.5) is 16.2 Å². The third-order valence-corrected chi connectivity index (χ3v) is 3.72. The zero-order valence-electron chi connectivity index (χ0n) is 13.6. The molecule has 0 aliphatic carbocycles. The molecule has 0 bridgehead atoms. The van der Waals surface area contributed by atoms with Gasteiger partial charge in [-0.1, -0.05) is 6.07 Å². The first kappa shape index (κ1) is 15.8. The standard InChI is InChI=1S/C17H17FN4O2/c1-20-16-11-5-4-9(6-13(11)21-17(19)22-16)15-12(18)7-10(23-2)8-14(15)24-3/h4-8H,1-3H3,(H3,19,20,21,22). The van der Waals surface area contributed by atoms with Gasteiger partial charge in [0.05, 0.1) is 25.3 Å². The predicted octanol–water partition coefficient (Wildman–Crippen LogP) is 3.08. The van der Waals surface area contributed by atoms with E-state index < -0.39 is 5.82 Å². The second-order valence-corrected chi connectivity index (χ2v) is 5.10. The number of hydrogen-bond acceptors (Lipinski definition) is 6. The number of aromatic nitrogens is 2. The molecule has 0 radical (unpaired) electrons. The van der Waals surface area contributed by atoms with E-state index in [2.05, 4.69) is 15.3 Å². The van der Waals surface area contributed by atoms with Crippen LogP contribution in [0.2, 0.25) is 0 Å². The van der Waals surface area contributed by atoms with Crippen molar-refractivity contribution in [1.29, 1.82) is 0 Å². The number of fused-ring (bicyclic) bond motifs is 1. The third-order valence-electron chi connectivity index (χ3n) is 3.72. The van der Waals surface area contributed by atoms with E-state index in [1.807, 2.05) is 6.07 Å². The lowest BCUT2D eigenvalue weighted by Crippen LogP contribution is -2.01. The molecule has 0 aliphatic heterocycles. The molecule has 0 saturated carbocycles. The Morgan fingerprint density at radius 1 is 1.08 bits per heavy atom. The maximum absolute atomic E-state index is 14.6. The molecule has 0 spiro atoms. The van der Waals surface area contributed by atoms with Gasteiger partial charge in [0.25, 0.3) is 0 Å². The summed E-state index contributed by atoms with van der Waals surface area (Å²) < 4.78 is 25.0. The van der Waals surface area contributed by atoms with E-state index in [9.17, 15) is 4.39 Å². The molecule has 0 fully saturated rings. The SMILES string of the molecule is CNc1nc(N)nc2cc(-c3c(F)cc(OC)cc3OC)ccc12. The van der Waals surface area contributed by atoms with E-state index in [0.29, 0.717) is 34.0 Å². The molecule has 2 aromatic carbocycles. The lowest BCUT2D eigenvalue weighted by atomic mass is 10.0. The summed E-state index contributed by atoms with van der Waals surface area (Å²) in [4.78, 5) is 8.36. The summed E-state index contributed by atoms with van der Waals surface area (Å²) in [5.41, 5.74) is 7.31. The second kappa shape index (κ2) is 6.19. The summed E-state index contributed by atoms with van der Waals surface area (Å²) in [7, 11) is 4.71. The summed E-state index contributed by atoms with van der Waals surface area (Å²) in [5, 5.41) is 3.77.